The first-order valence-electron chi connectivity index (χ1n) is 5.91. The molecule has 0 aliphatic heterocycles. The van der Waals surface area contributed by atoms with Crippen LogP contribution in [0.25, 0.3) is 0 Å². The highest BCUT2D eigenvalue weighted by Gasteiger charge is 2.10. The fourth-order valence-corrected chi connectivity index (χ4v) is 2.15. The van der Waals surface area contributed by atoms with Crippen molar-refractivity contribution in [1.82, 2.24) is 0 Å². The lowest BCUT2D eigenvalue weighted by atomic mass is 10.2. The van der Waals surface area contributed by atoms with Gasteiger partial charge in [0.25, 0.3) is 0 Å². The van der Waals surface area contributed by atoms with Gasteiger partial charge in [0, 0.05) is 17.3 Å². The number of nitrogens with one attached hydrogen (secondary N) is 2. The minimum Gasteiger partial charge on any atom is -0.326 e. The average Bonchev–Trinajstić information content (AvgIpc) is 2.41. The Bertz CT molecular complexity index is 632. The zero-order chi connectivity index (χ0) is 14.5. The van der Waals surface area contributed by atoms with Gasteiger partial charge in [0.1, 0.15) is 0 Å². The molecule has 0 aliphatic carbocycles. The van der Waals surface area contributed by atoms with E-state index < -0.39 is 6.03 Å². The molecule has 0 spiro atoms. The Morgan fingerprint density at radius 2 is 1.85 bits per heavy atom. The van der Waals surface area contributed by atoms with Crippen LogP contribution in [0.1, 0.15) is 5.56 Å². The van der Waals surface area contributed by atoms with E-state index in [9.17, 15) is 4.79 Å². The van der Waals surface area contributed by atoms with Crippen LogP contribution in [0.2, 0.25) is 10.0 Å². The van der Waals surface area contributed by atoms with Crippen molar-refractivity contribution in [2.45, 2.75) is 6.54 Å². The molecular weight excluding hydrogens is 297 g/mol. The molecule has 104 valence electrons. The van der Waals surface area contributed by atoms with E-state index in [1.165, 1.54) is 0 Å². The summed E-state index contributed by atoms with van der Waals surface area (Å²) in [5.41, 5.74) is 7.49. The minimum atomic E-state index is -0.407. The molecule has 0 bridgehead atoms. The fourth-order valence-electron chi connectivity index (χ4n) is 1.72. The lowest BCUT2D eigenvalue weighted by Crippen LogP contribution is -2.21. The molecule has 2 aromatic rings. The van der Waals surface area contributed by atoms with E-state index in [0.717, 1.165) is 5.56 Å². The van der Waals surface area contributed by atoms with Gasteiger partial charge >= 0.3 is 6.03 Å². The highest BCUT2D eigenvalue weighted by Crippen LogP contribution is 2.26. The molecule has 4 nitrogen and oxygen atoms in total. The number of hydrogen-bond donors (Lipinski definition) is 3. The average molecular weight is 310 g/mol. The summed E-state index contributed by atoms with van der Waals surface area (Å²) in [5.74, 6) is 0. The number of benzene rings is 2. The summed E-state index contributed by atoms with van der Waals surface area (Å²) >= 11 is 11.9. The molecule has 0 atom stereocenters. The monoisotopic (exact) mass is 309 g/mol. The molecule has 0 saturated carbocycles. The first kappa shape index (κ1) is 14.7. The molecule has 2 aromatic carbocycles. The summed E-state index contributed by atoms with van der Waals surface area (Å²) in [7, 11) is 0. The second-order valence-corrected chi connectivity index (χ2v) is 4.91. The maximum Gasteiger partial charge on any atom is 0.323 e. The molecule has 6 heteroatoms. The first-order valence-corrected chi connectivity index (χ1v) is 6.67. The van der Waals surface area contributed by atoms with Crippen molar-refractivity contribution in [3.05, 3.63) is 58.1 Å². The van der Waals surface area contributed by atoms with Gasteiger partial charge in [0.2, 0.25) is 0 Å². The minimum absolute atomic E-state index is 0.285. The number of para-hydroxylation sites is 1. The van der Waals surface area contributed by atoms with Crippen molar-refractivity contribution in [2.75, 3.05) is 10.6 Å². The Morgan fingerprint density at radius 3 is 2.55 bits per heavy atom. The van der Waals surface area contributed by atoms with Gasteiger partial charge in [-0.3, -0.25) is 0 Å². The second kappa shape index (κ2) is 6.61. The van der Waals surface area contributed by atoms with Crippen LogP contribution in [0.5, 0.6) is 0 Å². The molecule has 4 N–H and O–H groups in total. The van der Waals surface area contributed by atoms with E-state index in [1.807, 2.05) is 0 Å². The van der Waals surface area contributed by atoms with E-state index >= 15 is 0 Å². The molecule has 0 radical (unpaired) electrons. The van der Waals surface area contributed by atoms with Gasteiger partial charge in [0.05, 0.1) is 10.7 Å². The molecule has 0 fully saturated rings. The van der Waals surface area contributed by atoms with Crippen molar-refractivity contribution in [2.24, 2.45) is 5.73 Å². The molecule has 0 aliphatic rings. The molecular formula is C14H13Cl2N3O. The maximum atomic E-state index is 11.9. The van der Waals surface area contributed by atoms with Gasteiger partial charge in [0.15, 0.2) is 0 Å². The number of halogens is 2. The lowest BCUT2D eigenvalue weighted by Gasteiger charge is -2.12. The van der Waals surface area contributed by atoms with Crippen LogP contribution in [-0.2, 0) is 6.54 Å². The summed E-state index contributed by atoms with van der Waals surface area (Å²) in [5, 5.41) is 6.35. The SMILES string of the molecule is NCc1cccc(Cl)c1NC(=O)Nc1cccc(Cl)c1. The van der Waals surface area contributed by atoms with E-state index in [-0.39, 0.29) is 6.54 Å². The summed E-state index contributed by atoms with van der Waals surface area (Å²) < 4.78 is 0. The van der Waals surface area contributed by atoms with E-state index in [4.69, 9.17) is 28.9 Å². The highest BCUT2D eigenvalue weighted by molar-refractivity contribution is 6.34. The number of amides is 2. The smallest absolute Gasteiger partial charge is 0.323 e. The molecule has 0 aromatic heterocycles. The predicted octanol–water partition coefficient (Wildman–Crippen LogP) is 4.10. The van der Waals surface area contributed by atoms with Crippen molar-refractivity contribution >= 4 is 40.6 Å². The van der Waals surface area contributed by atoms with Crippen LogP contribution in [0.3, 0.4) is 0 Å². The van der Waals surface area contributed by atoms with Gasteiger partial charge in [-0.2, -0.15) is 0 Å². The van der Waals surface area contributed by atoms with Crippen LogP contribution >= 0.6 is 23.2 Å². The number of carbonyl (C=O) groups is 1. The van der Waals surface area contributed by atoms with Crippen LogP contribution in [0, 0.1) is 0 Å². The molecule has 2 rings (SSSR count). The predicted molar refractivity (Wildman–Crippen MR) is 83.4 cm³/mol. The first-order chi connectivity index (χ1) is 9.60. The maximum absolute atomic E-state index is 11.9. The largest absolute Gasteiger partial charge is 0.326 e. The molecule has 20 heavy (non-hydrogen) atoms. The Kier molecular flexibility index (Phi) is 4.84. The van der Waals surface area contributed by atoms with Crippen LogP contribution < -0.4 is 16.4 Å². The molecule has 2 amide bonds. The normalized spacial score (nSPS) is 10.2. The van der Waals surface area contributed by atoms with Crippen LogP contribution in [0.15, 0.2) is 42.5 Å². The third-order valence-electron chi connectivity index (χ3n) is 2.64. The Hall–Kier alpha value is -1.75. The van der Waals surface area contributed by atoms with E-state index in [2.05, 4.69) is 10.6 Å². The second-order valence-electron chi connectivity index (χ2n) is 4.07. The van der Waals surface area contributed by atoms with Gasteiger partial charge in [-0.25, -0.2) is 4.79 Å². The Balaban J connectivity index is 2.12. The third-order valence-corrected chi connectivity index (χ3v) is 3.19. The van der Waals surface area contributed by atoms with Gasteiger partial charge in [-0.1, -0.05) is 41.4 Å². The zero-order valence-electron chi connectivity index (χ0n) is 10.5. The lowest BCUT2D eigenvalue weighted by molar-refractivity contribution is 0.262. The third kappa shape index (κ3) is 3.63. The fraction of sp³-hybridized carbons (Fsp3) is 0.0714. The quantitative estimate of drug-likeness (QED) is 0.799. The van der Waals surface area contributed by atoms with E-state index in [0.29, 0.717) is 21.4 Å². The van der Waals surface area contributed by atoms with Crippen molar-refractivity contribution in [3.63, 3.8) is 0 Å². The van der Waals surface area contributed by atoms with E-state index in [1.54, 1.807) is 42.5 Å². The standard InChI is InChI=1S/C14H13Cl2N3O/c15-10-4-2-5-11(7-10)18-14(20)19-13-9(8-17)3-1-6-12(13)16/h1-7H,8,17H2,(H2,18,19,20). The van der Waals surface area contributed by atoms with Gasteiger partial charge < -0.3 is 16.4 Å². The van der Waals surface area contributed by atoms with Crippen molar-refractivity contribution in [1.29, 1.82) is 0 Å². The Morgan fingerprint density at radius 1 is 1.10 bits per heavy atom. The van der Waals surface area contributed by atoms with Crippen LogP contribution in [0.4, 0.5) is 16.2 Å². The van der Waals surface area contributed by atoms with Gasteiger partial charge in [-0.15, -0.1) is 0 Å². The number of hydrogen-bond acceptors (Lipinski definition) is 2. The summed E-state index contributed by atoms with van der Waals surface area (Å²) in [6, 6.07) is 11.7. The number of nitrogens with two attached hydrogens (primary N) is 1. The number of rotatable bonds is 3. The zero-order valence-corrected chi connectivity index (χ0v) is 12.0. The molecule has 0 saturated heterocycles. The highest BCUT2D eigenvalue weighted by atomic mass is 35.5. The summed E-state index contributed by atoms with van der Waals surface area (Å²) in [6.45, 7) is 0.285. The number of carbonyl (C=O) groups excluding carboxylic acids is 1. The van der Waals surface area contributed by atoms with Crippen LogP contribution in [-0.4, -0.2) is 6.03 Å². The van der Waals surface area contributed by atoms with Crippen molar-refractivity contribution < 1.29 is 4.79 Å². The van der Waals surface area contributed by atoms with Crippen molar-refractivity contribution in [3.8, 4) is 0 Å². The Labute approximate surface area is 126 Å². The molecule has 0 heterocycles. The number of anilines is 2. The number of urea groups is 1. The topological polar surface area (TPSA) is 67.1 Å². The summed E-state index contributed by atoms with van der Waals surface area (Å²) in [6.07, 6.45) is 0. The van der Waals surface area contributed by atoms with Gasteiger partial charge in [-0.05, 0) is 29.8 Å². The molecule has 0 unspecified atom stereocenters. The summed E-state index contributed by atoms with van der Waals surface area (Å²) in [4.78, 5) is 11.9.